The van der Waals surface area contributed by atoms with Gasteiger partial charge in [0.2, 0.25) is 0 Å². The minimum atomic E-state index is -0.314. The zero-order valence-electron chi connectivity index (χ0n) is 18.4. The van der Waals surface area contributed by atoms with Crippen LogP contribution >= 0.6 is 0 Å². The van der Waals surface area contributed by atoms with Crippen LogP contribution in [0.15, 0.2) is 102 Å². The molecule has 0 unspecified atom stereocenters. The minimum absolute atomic E-state index is 0.0774. The largest absolute Gasteiger partial charge is 0.484 e. The van der Waals surface area contributed by atoms with Gasteiger partial charge in [0.1, 0.15) is 5.75 Å². The summed E-state index contributed by atoms with van der Waals surface area (Å²) >= 11 is 0. The maximum atomic E-state index is 12.4. The summed E-state index contributed by atoms with van der Waals surface area (Å²) in [5, 5.41) is 2.72. The Morgan fingerprint density at radius 3 is 2.18 bits per heavy atom. The van der Waals surface area contributed by atoms with Crippen molar-refractivity contribution in [1.29, 1.82) is 0 Å². The van der Waals surface area contributed by atoms with Crippen LogP contribution in [0, 0.1) is 0 Å². The number of rotatable bonds is 9. The first-order chi connectivity index (χ1) is 16.6. The molecule has 3 aromatic carbocycles. The molecule has 0 fully saturated rings. The minimum Gasteiger partial charge on any atom is -0.484 e. The molecule has 170 valence electrons. The van der Waals surface area contributed by atoms with Crippen molar-refractivity contribution in [1.82, 2.24) is 14.9 Å². The second kappa shape index (κ2) is 10.9. The predicted octanol–water partition coefficient (Wildman–Crippen LogP) is 3.34. The molecule has 1 heterocycles. The summed E-state index contributed by atoms with van der Waals surface area (Å²) in [5.74, 6) is 0.0921. The molecular weight excluding hydrogens is 430 g/mol. The molecule has 0 saturated carbocycles. The van der Waals surface area contributed by atoms with Crippen LogP contribution in [0.2, 0.25) is 0 Å². The molecule has 1 N–H and O–H groups in total. The van der Waals surface area contributed by atoms with E-state index in [-0.39, 0.29) is 30.4 Å². The van der Waals surface area contributed by atoms with Crippen molar-refractivity contribution in [2.24, 2.45) is 0 Å². The third kappa shape index (κ3) is 5.83. The number of hydrogen-bond donors (Lipinski definition) is 1. The molecule has 1 amide bonds. The summed E-state index contributed by atoms with van der Waals surface area (Å²) < 4.78 is 6.94. The highest BCUT2D eigenvalue weighted by molar-refractivity contribution is 6.08. The van der Waals surface area contributed by atoms with Gasteiger partial charge in [-0.2, -0.15) is 0 Å². The number of carbonyl (C=O) groups excluding carboxylic acids is 2. The number of aromatic nitrogens is 2. The quantitative estimate of drug-likeness (QED) is 0.393. The number of nitrogens with one attached hydrogen (secondary N) is 1. The highest BCUT2D eigenvalue weighted by atomic mass is 16.5. The third-order valence-corrected chi connectivity index (χ3v) is 5.15. The summed E-state index contributed by atoms with van der Waals surface area (Å²) in [6, 6.07) is 26.6. The fraction of sp³-hybridized carbons (Fsp3) is 0.111. The maximum Gasteiger partial charge on any atom is 0.258 e. The van der Waals surface area contributed by atoms with Crippen LogP contribution in [0.4, 0.5) is 0 Å². The van der Waals surface area contributed by atoms with Gasteiger partial charge in [0.25, 0.3) is 11.5 Å². The van der Waals surface area contributed by atoms with Crippen LogP contribution in [0.25, 0.3) is 11.3 Å². The number of benzene rings is 3. The second-order valence-electron chi connectivity index (χ2n) is 7.53. The van der Waals surface area contributed by atoms with E-state index in [1.165, 1.54) is 17.0 Å². The number of hydrogen-bond acceptors (Lipinski definition) is 5. The van der Waals surface area contributed by atoms with Gasteiger partial charge in [-0.1, -0.05) is 60.7 Å². The Morgan fingerprint density at radius 2 is 1.50 bits per heavy atom. The Bertz CT molecular complexity index is 1320. The van der Waals surface area contributed by atoms with Crippen LogP contribution in [0.3, 0.4) is 0 Å². The van der Waals surface area contributed by atoms with Gasteiger partial charge in [0.15, 0.2) is 12.4 Å². The monoisotopic (exact) mass is 453 g/mol. The van der Waals surface area contributed by atoms with E-state index in [0.29, 0.717) is 29.1 Å². The molecule has 0 radical (unpaired) electrons. The molecule has 34 heavy (non-hydrogen) atoms. The molecule has 0 atom stereocenters. The van der Waals surface area contributed by atoms with Gasteiger partial charge < -0.3 is 10.1 Å². The van der Waals surface area contributed by atoms with Crippen molar-refractivity contribution in [2.75, 3.05) is 13.2 Å². The summed E-state index contributed by atoms with van der Waals surface area (Å²) in [5.41, 5.74) is 2.44. The van der Waals surface area contributed by atoms with Crippen LogP contribution in [-0.4, -0.2) is 34.4 Å². The Hall–Kier alpha value is -4.52. The number of nitrogens with zero attached hydrogens (tertiary/aromatic N) is 2. The van der Waals surface area contributed by atoms with E-state index >= 15 is 0 Å². The topological polar surface area (TPSA) is 90.3 Å². The van der Waals surface area contributed by atoms with Crippen LogP contribution in [-0.2, 0) is 11.3 Å². The lowest BCUT2D eigenvalue weighted by atomic mass is 10.0. The summed E-state index contributed by atoms with van der Waals surface area (Å²) in [4.78, 5) is 41.2. The van der Waals surface area contributed by atoms with E-state index in [1.807, 2.05) is 48.5 Å². The lowest BCUT2D eigenvalue weighted by Crippen LogP contribution is -2.33. The fourth-order valence-electron chi connectivity index (χ4n) is 3.34. The fourth-order valence-corrected chi connectivity index (χ4v) is 3.34. The van der Waals surface area contributed by atoms with Crippen molar-refractivity contribution >= 4 is 11.7 Å². The Morgan fingerprint density at radius 1 is 0.853 bits per heavy atom. The molecule has 0 aliphatic heterocycles. The van der Waals surface area contributed by atoms with Gasteiger partial charge in [-0.15, -0.1) is 0 Å². The van der Waals surface area contributed by atoms with E-state index in [1.54, 1.807) is 36.4 Å². The van der Waals surface area contributed by atoms with Gasteiger partial charge in [0, 0.05) is 35.8 Å². The number of amides is 1. The standard InChI is InChI=1S/C27H23N3O4/c31-25(18-34-23-13-11-22(12-14-23)27(33)21-9-5-2-6-10-21)28-15-16-30-19-29-24(17-26(30)32)20-7-3-1-4-8-20/h1-14,17,19H,15-16,18H2,(H,28,31). The van der Waals surface area contributed by atoms with Crippen LogP contribution in [0.5, 0.6) is 5.75 Å². The summed E-state index contributed by atoms with van der Waals surface area (Å²) in [6.07, 6.45) is 1.48. The zero-order chi connectivity index (χ0) is 23.8. The van der Waals surface area contributed by atoms with E-state index in [0.717, 1.165) is 5.56 Å². The van der Waals surface area contributed by atoms with Gasteiger partial charge in [0.05, 0.1) is 12.0 Å². The van der Waals surface area contributed by atoms with Crippen molar-refractivity contribution in [2.45, 2.75) is 6.54 Å². The lowest BCUT2D eigenvalue weighted by Gasteiger charge is -2.10. The van der Waals surface area contributed by atoms with E-state index < -0.39 is 0 Å². The summed E-state index contributed by atoms with van der Waals surface area (Å²) in [6.45, 7) is 0.383. The van der Waals surface area contributed by atoms with Gasteiger partial charge in [-0.3, -0.25) is 19.0 Å². The normalized spacial score (nSPS) is 10.5. The smallest absolute Gasteiger partial charge is 0.258 e. The molecule has 7 nitrogen and oxygen atoms in total. The van der Waals surface area contributed by atoms with Crippen molar-refractivity contribution in [3.63, 3.8) is 0 Å². The van der Waals surface area contributed by atoms with E-state index in [4.69, 9.17) is 4.74 Å². The predicted molar refractivity (Wildman–Crippen MR) is 129 cm³/mol. The number of ether oxygens (including phenoxy) is 1. The number of carbonyl (C=O) groups is 2. The highest BCUT2D eigenvalue weighted by Gasteiger charge is 2.09. The molecule has 4 rings (SSSR count). The Labute approximate surface area is 196 Å². The Balaban J connectivity index is 1.23. The Kier molecular flexibility index (Phi) is 7.25. The molecule has 0 bridgehead atoms. The van der Waals surface area contributed by atoms with Crippen molar-refractivity contribution < 1.29 is 14.3 Å². The molecule has 0 aliphatic carbocycles. The molecule has 0 saturated heterocycles. The van der Waals surface area contributed by atoms with Gasteiger partial charge in [-0.05, 0) is 24.3 Å². The highest BCUT2D eigenvalue weighted by Crippen LogP contribution is 2.16. The maximum absolute atomic E-state index is 12.4. The van der Waals surface area contributed by atoms with Gasteiger partial charge in [-0.25, -0.2) is 4.98 Å². The first-order valence-corrected chi connectivity index (χ1v) is 10.8. The molecule has 7 heteroatoms. The first kappa shape index (κ1) is 22.7. The lowest BCUT2D eigenvalue weighted by molar-refractivity contribution is -0.123. The molecule has 4 aromatic rings. The first-order valence-electron chi connectivity index (χ1n) is 10.8. The van der Waals surface area contributed by atoms with E-state index in [2.05, 4.69) is 10.3 Å². The van der Waals surface area contributed by atoms with Crippen molar-refractivity contribution in [3.8, 4) is 17.0 Å². The average Bonchev–Trinajstić information content (AvgIpc) is 2.89. The summed E-state index contributed by atoms with van der Waals surface area (Å²) in [7, 11) is 0. The average molecular weight is 453 g/mol. The van der Waals surface area contributed by atoms with Gasteiger partial charge >= 0.3 is 0 Å². The molecular formula is C27H23N3O4. The molecule has 0 aliphatic rings. The van der Waals surface area contributed by atoms with Crippen molar-refractivity contribution in [3.05, 3.63) is 119 Å². The molecule has 1 aromatic heterocycles. The number of ketones is 1. The molecule has 0 spiro atoms. The SMILES string of the molecule is O=C(COc1ccc(C(=O)c2ccccc2)cc1)NCCn1cnc(-c2ccccc2)cc1=O. The van der Waals surface area contributed by atoms with E-state index in [9.17, 15) is 14.4 Å². The van der Waals surface area contributed by atoms with Crippen LogP contribution < -0.4 is 15.6 Å². The zero-order valence-corrected chi connectivity index (χ0v) is 18.4. The second-order valence-corrected chi connectivity index (χ2v) is 7.53. The van der Waals surface area contributed by atoms with Crippen LogP contribution in [0.1, 0.15) is 15.9 Å². The third-order valence-electron chi connectivity index (χ3n) is 5.15.